The van der Waals surface area contributed by atoms with Crippen LogP contribution in [0.1, 0.15) is 48.3 Å². The van der Waals surface area contributed by atoms with Gasteiger partial charge in [-0.25, -0.2) is 0 Å². The zero-order chi connectivity index (χ0) is 13.2. The summed E-state index contributed by atoms with van der Waals surface area (Å²) in [5, 5.41) is 3.52. The highest BCUT2D eigenvalue weighted by atomic mass is 16.5. The molecule has 2 aliphatic rings. The Balaban J connectivity index is 1.85. The van der Waals surface area contributed by atoms with Crippen LogP contribution in [0, 0.1) is 19.8 Å². The lowest BCUT2D eigenvalue weighted by molar-refractivity contribution is 0.290. The second-order valence-corrected chi connectivity index (χ2v) is 6.30. The number of aryl methyl sites for hydroxylation is 2. The number of nitrogens with one attached hydrogen (secondary N) is 1. The van der Waals surface area contributed by atoms with Crippen molar-refractivity contribution in [2.24, 2.45) is 5.92 Å². The molecule has 1 atom stereocenters. The van der Waals surface area contributed by atoms with Gasteiger partial charge in [0, 0.05) is 12.5 Å². The van der Waals surface area contributed by atoms with Crippen LogP contribution >= 0.6 is 0 Å². The Labute approximate surface area is 116 Å². The fourth-order valence-corrected chi connectivity index (χ4v) is 3.09. The van der Waals surface area contributed by atoms with Gasteiger partial charge >= 0.3 is 0 Å². The molecule has 2 heteroatoms. The molecule has 1 unspecified atom stereocenters. The van der Waals surface area contributed by atoms with Crippen molar-refractivity contribution in [3.63, 3.8) is 0 Å². The zero-order valence-electron chi connectivity index (χ0n) is 12.2. The van der Waals surface area contributed by atoms with Gasteiger partial charge in [-0.3, -0.25) is 0 Å². The van der Waals surface area contributed by atoms with Crippen LogP contribution in [-0.2, 0) is 0 Å². The Morgan fingerprint density at radius 2 is 2.05 bits per heavy atom. The second kappa shape index (κ2) is 5.54. The van der Waals surface area contributed by atoms with Crippen molar-refractivity contribution in [1.29, 1.82) is 0 Å². The van der Waals surface area contributed by atoms with Crippen LogP contribution in [0.25, 0.3) is 0 Å². The number of hydrogen-bond donors (Lipinski definition) is 1. The van der Waals surface area contributed by atoms with Gasteiger partial charge < -0.3 is 10.1 Å². The largest absolute Gasteiger partial charge is 0.493 e. The Hall–Kier alpha value is -1.02. The van der Waals surface area contributed by atoms with Gasteiger partial charge in [0.25, 0.3) is 0 Å². The van der Waals surface area contributed by atoms with E-state index in [1.54, 1.807) is 0 Å². The van der Waals surface area contributed by atoms with Crippen molar-refractivity contribution in [2.75, 3.05) is 19.7 Å². The quantitative estimate of drug-likeness (QED) is 0.892. The van der Waals surface area contributed by atoms with Crippen molar-refractivity contribution in [3.05, 3.63) is 28.8 Å². The van der Waals surface area contributed by atoms with Crippen LogP contribution in [0.15, 0.2) is 12.1 Å². The monoisotopic (exact) mass is 259 g/mol. The Bertz CT molecular complexity index is 445. The van der Waals surface area contributed by atoms with Gasteiger partial charge in [-0.15, -0.1) is 0 Å². The van der Waals surface area contributed by atoms with E-state index in [-0.39, 0.29) is 0 Å². The lowest BCUT2D eigenvalue weighted by Crippen LogP contribution is -2.28. The van der Waals surface area contributed by atoms with E-state index in [0.29, 0.717) is 5.92 Å². The van der Waals surface area contributed by atoms with Crippen LogP contribution in [0.5, 0.6) is 5.75 Å². The standard InChI is InChI=1S/C17H25NO/c1-12-8-13(2)17(19-11-14-5-6-14)16(9-12)15-4-3-7-18-10-15/h8-9,14-15,18H,3-7,10-11H2,1-2H3. The van der Waals surface area contributed by atoms with Gasteiger partial charge in [0.2, 0.25) is 0 Å². The molecule has 1 saturated heterocycles. The number of rotatable bonds is 4. The van der Waals surface area contributed by atoms with Crippen molar-refractivity contribution in [2.45, 2.75) is 45.4 Å². The number of hydrogen-bond acceptors (Lipinski definition) is 2. The number of benzene rings is 1. The predicted molar refractivity (Wildman–Crippen MR) is 79.0 cm³/mol. The van der Waals surface area contributed by atoms with Gasteiger partial charge in [-0.1, -0.05) is 17.7 Å². The summed E-state index contributed by atoms with van der Waals surface area (Å²) in [5.41, 5.74) is 4.10. The van der Waals surface area contributed by atoms with Gasteiger partial charge in [-0.05, 0) is 63.1 Å². The molecule has 1 heterocycles. The van der Waals surface area contributed by atoms with Crippen molar-refractivity contribution < 1.29 is 4.74 Å². The third-order valence-electron chi connectivity index (χ3n) is 4.34. The normalized spacial score (nSPS) is 23.4. The predicted octanol–water partition coefficient (Wildman–Crippen LogP) is 3.56. The smallest absolute Gasteiger partial charge is 0.125 e. The lowest BCUT2D eigenvalue weighted by Gasteiger charge is -2.26. The maximum atomic E-state index is 6.17. The molecule has 0 aromatic heterocycles. The molecule has 104 valence electrons. The summed E-state index contributed by atoms with van der Waals surface area (Å²) in [7, 11) is 0. The summed E-state index contributed by atoms with van der Waals surface area (Å²) < 4.78 is 6.17. The third-order valence-corrected chi connectivity index (χ3v) is 4.34. The molecule has 1 N–H and O–H groups in total. The summed E-state index contributed by atoms with van der Waals surface area (Å²) in [6.07, 6.45) is 5.27. The summed E-state index contributed by atoms with van der Waals surface area (Å²) in [4.78, 5) is 0. The van der Waals surface area contributed by atoms with E-state index in [0.717, 1.165) is 19.1 Å². The molecule has 1 aromatic rings. The van der Waals surface area contributed by atoms with E-state index in [2.05, 4.69) is 31.3 Å². The minimum atomic E-state index is 0.626. The first-order valence-corrected chi connectivity index (χ1v) is 7.68. The molecule has 3 rings (SSSR count). The molecule has 19 heavy (non-hydrogen) atoms. The second-order valence-electron chi connectivity index (χ2n) is 6.30. The third kappa shape index (κ3) is 3.11. The maximum absolute atomic E-state index is 6.17. The fraction of sp³-hybridized carbons (Fsp3) is 0.647. The average molecular weight is 259 g/mol. The first kappa shape index (κ1) is 13.0. The molecule has 0 spiro atoms. The Morgan fingerprint density at radius 1 is 1.21 bits per heavy atom. The average Bonchev–Trinajstić information content (AvgIpc) is 3.22. The van der Waals surface area contributed by atoms with E-state index in [1.165, 1.54) is 54.7 Å². The van der Waals surface area contributed by atoms with Crippen LogP contribution < -0.4 is 10.1 Å². The summed E-state index contributed by atoms with van der Waals surface area (Å²) in [6.45, 7) is 7.56. The van der Waals surface area contributed by atoms with Gasteiger partial charge in [0.1, 0.15) is 5.75 Å². The van der Waals surface area contributed by atoms with Crippen LogP contribution in [0.4, 0.5) is 0 Å². The Morgan fingerprint density at radius 3 is 2.74 bits per heavy atom. The molecule has 1 aliphatic carbocycles. The topological polar surface area (TPSA) is 21.3 Å². The van der Waals surface area contributed by atoms with Crippen molar-refractivity contribution >= 4 is 0 Å². The summed E-state index contributed by atoms with van der Waals surface area (Å²) >= 11 is 0. The highest BCUT2D eigenvalue weighted by Crippen LogP contribution is 2.37. The van der Waals surface area contributed by atoms with Crippen molar-refractivity contribution in [3.8, 4) is 5.75 Å². The molecule has 0 bridgehead atoms. The van der Waals surface area contributed by atoms with Crippen molar-refractivity contribution in [1.82, 2.24) is 5.32 Å². The number of piperidine rings is 1. The van der Waals surface area contributed by atoms with Gasteiger partial charge in [-0.2, -0.15) is 0 Å². The summed E-state index contributed by atoms with van der Waals surface area (Å²) in [6, 6.07) is 4.59. The first-order chi connectivity index (χ1) is 9.24. The fourth-order valence-electron chi connectivity index (χ4n) is 3.09. The van der Waals surface area contributed by atoms with E-state index in [9.17, 15) is 0 Å². The number of ether oxygens (including phenoxy) is 1. The zero-order valence-corrected chi connectivity index (χ0v) is 12.2. The molecule has 1 aromatic carbocycles. The molecule has 2 fully saturated rings. The van der Waals surface area contributed by atoms with Gasteiger partial charge in [0.05, 0.1) is 6.61 Å². The van der Waals surface area contributed by atoms with Crippen LogP contribution in [0.2, 0.25) is 0 Å². The maximum Gasteiger partial charge on any atom is 0.125 e. The van der Waals surface area contributed by atoms with E-state index >= 15 is 0 Å². The molecule has 2 nitrogen and oxygen atoms in total. The highest BCUT2D eigenvalue weighted by Gasteiger charge is 2.25. The summed E-state index contributed by atoms with van der Waals surface area (Å²) in [5.74, 6) is 2.62. The highest BCUT2D eigenvalue weighted by molar-refractivity contribution is 5.46. The SMILES string of the molecule is Cc1cc(C)c(OCC2CC2)c(C2CCCNC2)c1. The van der Waals surface area contributed by atoms with E-state index < -0.39 is 0 Å². The first-order valence-electron chi connectivity index (χ1n) is 7.68. The molecular formula is C17H25NO. The molecule has 0 radical (unpaired) electrons. The molecule has 1 saturated carbocycles. The van der Waals surface area contributed by atoms with E-state index in [1.807, 2.05) is 0 Å². The Kier molecular flexibility index (Phi) is 3.79. The lowest BCUT2D eigenvalue weighted by atomic mass is 9.88. The van der Waals surface area contributed by atoms with Gasteiger partial charge in [0.15, 0.2) is 0 Å². The van der Waals surface area contributed by atoms with E-state index in [4.69, 9.17) is 4.74 Å². The van der Waals surface area contributed by atoms with Crippen LogP contribution in [0.3, 0.4) is 0 Å². The molecular weight excluding hydrogens is 234 g/mol. The molecule has 1 aliphatic heterocycles. The van der Waals surface area contributed by atoms with Crippen LogP contribution in [-0.4, -0.2) is 19.7 Å². The minimum Gasteiger partial charge on any atom is -0.493 e. The molecule has 0 amide bonds. The minimum absolute atomic E-state index is 0.626.